The lowest BCUT2D eigenvalue weighted by molar-refractivity contribution is 0.407. The first-order valence-electron chi connectivity index (χ1n) is 5.82. The monoisotopic (exact) mass is 222 g/mol. The van der Waals surface area contributed by atoms with Crippen LogP contribution in [-0.4, -0.2) is 18.6 Å². The van der Waals surface area contributed by atoms with E-state index in [0.29, 0.717) is 11.8 Å². The number of anilines is 1. The van der Waals surface area contributed by atoms with Crippen LogP contribution in [0.1, 0.15) is 39.2 Å². The number of ether oxygens (including phenoxy) is 1. The van der Waals surface area contributed by atoms with Crippen molar-refractivity contribution in [2.75, 3.05) is 19.0 Å². The van der Waals surface area contributed by atoms with Gasteiger partial charge in [-0.3, -0.25) is 0 Å². The molecule has 0 fully saturated rings. The molecule has 0 amide bonds. The van der Waals surface area contributed by atoms with Gasteiger partial charge in [0.15, 0.2) is 0 Å². The number of nitrogens with one attached hydrogen (secondary N) is 1. The molecule has 0 aliphatic carbocycles. The van der Waals surface area contributed by atoms with E-state index in [1.165, 1.54) is 0 Å². The summed E-state index contributed by atoms with van der Waals surface area (Å²) in [5.41, 5.74) is 1.15. The first kappa shape index (κ1) is 12.8. The molecule has 3 heteroatoms. The molecule has 0 aliphatic heterocycles. The second kappa shape index (κ2) is 5.73. The minimum absolute atomic E-state index is 0.432. The van der Waals surface area contributed by atoms with Crippen LogP contribution in [0.15, 0.2) is 12.3 Å². The molecule has 1 N–H and O–H groups in total. The van der Waals surface area contributed by atoms with Crippen molar-refractivity contribution in [3.63, 3.8) is 0 Å². The molecule has 0 spiro atoms. The lowest BCUT2D eigenvalue weighted by Gasteiger charge is -2.14. The maximum atomic E-state index is 5.37. The van der Waals surface area contributed by atoms with Gasteiger partial charge < -0.3 is 10.1 Å². The Morgan fingerprint density at radius 3 is 2.50 bits per heavy atom. The van der Waals surface area contributed by atoms with E-state index < -0.39 is 0 Å². The Morgan fingerprint density at radius 2 is 2.00 bits per heavy atom. The van der Waals surface area contributed by atoms with Crippen LogP contribution in [0.4, 0.5) is 5.82 Å². The summed E-state index contributed by atoms with van der Waals surface area (Å²) >= 11 is 0. The van der Waals surface area contributed by atoms with Crippen LogP contribution >= 0.6 is 0 Å². The third-order valence-corrected chi connectivity index (χ3v) is 2.43. The molecule has 0 aromatic carbocycles. The summed E-state index contributed by atoms with van der Waals surface area (Å²) in [5.74, 6) is 2.84. The van der Waals surface area contributed by atoms with E-state index >= 15 is 0 Å². The zero-order valence-electron chi connectivity index (χ0n) is 10.9. The smallest absolute Gasteiger partial charge is 0.129 e. The van der Waals surface area contributed by atoms with E-state index in [-0.39, 0.29) is 0 Å². The van der Waals surface area contributed by atoms with Crippen LogP contribution < -0.4 is 10.1 Å². The lowest BCUT2D eigenvalue weighted by Crippen LogP contribution is -2.09. The quantitative estimate of drug-likeness (QED) is 0.830. The third-order valence-electron chi connectivity index (χ3n) is 2.43. The first-order valence-corrected chi connectivity index (χ1v) is 5.82. The molecule has 0 radical (unpaired) electrons. The van der Waals surface area contributed by atoms with Gasteiger partial charge in [0.2, 0.25) is 0 Å². The van der Waals surface area contributed by atoms with Gasteiger partial charge >= 0.3 is 0 Å². The molecule has 1 heterocycles. The lowest BCUT2D eigenvalue weighted by atomic mass is 10.0. The van der Waals surface area contributed by atoms with E-state index in [2.05, 4.69) is 38.0 Å². The van der Waals surface area contributed by atoms with Gasteiger partial charge in [-0.05, 0) is 11.8 Å². The van der Waals surface area contributed by atoms with Crippen molar-refractivity contribution in [3.05, 3.63) is 17.8 Å². The Kier molecular flexibility index (Phi) is 4.59. The van der Waals surface area contributed by atoms with Crippen molar-refractivity contribution in [2.45, 2.75) is 33.6 Å². The molecule has 0 saturated carbocycles. The number of hydrogen-bond acceptors (Lipinski definition) is 3. The number of aromatic nitrogens is 1. The highest BCUT2D eigenvalue weighted by atomic mass is 16.5. The minimum atomic E-state index is 0.432. The Hall–Kier alpha value is -1.25. The molecule has 1 rings (SSSR count). The second-order valence-corrected chi connectivity index (χ2v) is 4.74. The Morgan fingerprint density at radius 1 is 1.31 bits per heavy atom. The van der Waals surface area contributed by atoms with E-state index in [4.69, 9.17) is 4.74 Å². The average molecular weight is 222 g/mol. The van der Waals surface area contributed by atoms with Gasteiger partial charge in [-0.15, -0.1) is 0 Å². The predicted octanol–water partition coefficient (Wildman–Crippen LogP) is 3.28. The summed E-state index contributed by atoms with van der Waals surface area (Å²) in [6.45, 7) is 9.55. The van der Waals surface area contributed by atoms with Crippen molar-refractivity contribution < 1.29 is 4.74 Å². The van der Waals surface area contributed by atoms with Crippen molar-refractivity contribution in [3.8, 4) is 5.75 Å². The zero-order chi connectivity index (χ0) is 12.1. The molecular weight excluding hydrogens is 200 g/mol. The maximum absolute atomic E-state index is 5.37. The second-order valence-electron chi connectivity index (χ2n) is 4.74. The van der Waals surface area contributed by atoms with Crippen molar-refractivity contribution in [1.29, 1.82) is 0 Å². The fraction of sp³-hybridized carbons (Fsp3) is 0.615. The fourth-order valence-electron chi connectivity index (χ4n) is 1.46. The molecule has 0 saturated heterocycles. The van der Waals surface area contributed by atoms with Gasteiger partial charge in [0.05, 0.1) is 7.11 Å². The number of hydrogen-bond donors (Lipinski definition) is 1. The van der Waals surface area contributed by atoms with Crippen LogP contribution in [-0.2, 0) is 0 Å². The highest BCUT2D eigenvalue weighted by Crippen LogP contribution is 2.27. The average Bonchev–Trinajstić information content (AvgIpc) is 2.25. The summed E-state index contributed by atoms with van der Waals surface area (Å²) in [6, 6.07) is 1.97. The van der Waals surface area contributed by atoms with Crippen LogP contribution in [0.2, 0.25) is 0 Å². The molecule has 0 atom stereocenters. The molecule has 0 unspecified atom stereocenters. The van der Waals surface area contributed by atoms with Gasteiger partial charge in [0, 0.05) is 24.4 Å². The third kappa shape index (κ3) is 3.40. The van der Waals surface area contributed by atoms with E-state index in [1.54, 1.807) is 7.11 Å². The standard InChI is InChI=1S/C13H22N2O/c1-9(2)7-14-13-6-12(16-5)11(8-15-13)10(3)4/h6,8-10H,7H2,1-5H3,(H,14,15). The summed E-state index contributed by atoms with van der Waals surface area (Å²) in [5, 5.41) is 3.29. The molecule has 16 heavy (non-hydrogen) atoms. The van der Waals surface area contributed by atoms with E-state index in [0.717, 1.165) is 23.7 Å². The SMILES string of the molecule is COc1cc(NCC(C)C)ncc1C(C)C. The minimum Gasteiger partial charge on any atom is -0.496 e. The van der Waals surface area contributed by atoms with E-state index in [1.807, 2.05) is 12.3 Å². The molecule has 3 nitrogen and oxygen atoms in total. The summed E-state index contributed by atoms with van der Waals surface area (Å²) in [7, 11) is 1.70. The van der Waals surface area contributed by atoms with Crippen LogP contribution in [0, 0.1) is 5.92 Å². The fourth-order valence-corrected chi connectivity index (χ4v) is 1.46. The molecule has 0 bridgehead atoms. The Labute approximate surface area is 98.2 Å². The van der Waals surface area contributed by atoms with Gasteiger partial charge in [-0.1, -0.05) is 27.7 Å². The number of nitrogens with zero attached hydrogens (tertiary/aromatic N) is 1. The number of rotatable bonds is 5. The predicted molar refractivity (Wildman–Crippen MR) is 68.2 cm³/mol. The highest BCUT2D eigenvalue weighted by molar-refractivity contribution is 5.46. The summed E-state index contributed by atoms with van der Waals surface area (Å²) < 4.78 is 5.37. The number of pyridine rings is 1. The van der Waals surface area contributed by atoms with Gasteiger partial charge in [-0.25, -0.2) is 4.98 Å². The van der Waals surface area contributed by atoms with Crippen LogP contribution in [0.3, 0.4) is 0 Å². The van der Waals surface area contributed by atoms with Gasteiger partial charge in [0.1, 0.15) is 11.6 Å². The Balaban J connectivity index is 2.82. The molecule has 0 aliphatic rings. The van der Waals surface area contributed by atoms with Crippen molar-refractivity contribution in [2.24, 2.45) is 5.92 Å². The largest absolute Gasteiger partial charge is 0.496 e. The van der Waals surface area contributed by atoms with Gasteiger partial charge in [-0.2, -0.15) is 0 Å². The highest BCUT2D eigenvalue weighted by Gasteiger charge is 2.09. The first-order chi connectivity index (χ1) is 7.54. The number of methoxy groups -OCH3 is 1. The summed E-state index contributed by atoms with van der Waals surface area (Å²) in [4.78, 5) is 4.39. The van der Waals surface area contributed by atoms with Gasteiger partial charge in [0.25, 0.3) is 0 Å². The van der Waals surface area contributed by atoms with Crippen molar-refractivity contribution >= 4 is 5.82 Å². The van der Waals surface area contributed by atoms with E-state index in [9.17, 15) is 0 Å². The molecule has 90 valence electrons. The van der Waals surface area contributed by atoms with Crippen LogP contribution in [0.5, 0.6) is 5.75 Å². The Bertz CT molecular complexity index is 335. The zero-order valence-corrected chi connectivity index (χ0v) is 10.9. The molecule has 1 aromatic rings. The van der Waals surface area contributed by atoms with Crippen LogP contribution in [0.25, 0.3) is 0 Å². The van der Waals surface area contributed by atoms with Crippen molar-refractivity contribution in [1.82, 2.24) is 4.98 Å². The summed E-state index contributed by atoms with van der Waals surface area (Å²) in [6.07, 6.45) is 1.90. The topological polar surface area (TPSA) is 34.1 Å². The molecular formula is C13H22N2O. The maximum Gasteiger partial charge on any atom is 0.129 e. The molecule has 1 aromatic heterocycles. The normalized spacial score (nSPS) is 10.9.